The molecule has 0 atom stereocenters. The first kappa shape index (κ1) is 10.4. The van der Waals surface area contributed by atoms with E-state index in [1.54, 1.807) is 12.4 Å². The number of anilines is 1. The molecule has 3 nitrogen and oxygen atoms in total. The minimum atomic E-state index is 0.921. The summed E-state index contributed by atoms with van der Waals surface area (Å²) in [7, 11) is 1.89. The first-order chi connectivity index (χ1) is 6.90. The number of hydrogen-bond donors (Lipinski definition) is 1. The summed E-state index contributed by atoms with van der Waals surface area (Å²) < 4.78 is 0. The average Bonchev–Trinajstić information content (AvgIpc) is 2.31. The van der Waals surface area contributed by atoms with Gasteiger partial charge in [0.15, 0.2) is 0 Å². The number of fused-ring (bicyclic) bond motifs is 1. The number of hydrogen-bond acceptors (Lipinski definition) is 3. The Morgan fingerprint density at radius 1 is 1.00 bits per heavy atom. The van der Waals surface area contributed by atoms with E-state index in [4.69, 9.17) is 0 Å². The van der Waals surface area contributed by atoms with Crippen LogP contribution in [0.5, 0.6) is 0 Å². The highest BCUT2D eigenvalue weighted by Crippen LogP contribution is 2.13. The van der Waals surface area contributed by atoms with Gasteiger partial charge in [-0.05, 0) is 18.2 Å². The molecule has 0 bridgehead atoms. The second kappa shape index (κ2) is 5.17. The number of rotatable bonds is 1. The van der Waals surface area contributed by atoms with Gasteiger partial charge in [0.1, 0.15) is 0 Å². The molecule has 2 aromatic rings. The molecule has 1 N–H and O–H groups in total. The SMILES string of the molecule is CC.CNc1ccc2nccnc2c1. The summed E-state index contributed by atoms with van der Waals surface area (Å²) in [6.07, 6.45) is 3.39. The highest BCUT2D eigenvalue weighted by molar-refractivity contribution is 5.77. The standard InChI is InChI=1S/C9H9N3.C2H6/c1-10-7-2-3-8-9(6-7)12-5-4-11-8;1-2/h2-6,10H,1H3;1-2H3. The van der Waals surface area contributed by atoms with Crippen molar-refractivity contribution in [1.29, 1.82) is 0 Å². The van der Waals surface area contributed by atoms with Crippen LogP contribution in [0.3, 0.4) is 0 Å². The monoisotopic (exact) mass is 189 g/mol. The van der Waals surface area contributed by atoms with E-state index in [1.165, 1.54) is 0 Å². The van der Waals surface area contributed by atoms with Crippen molar-refractivity contribution < 1.29 is 0 Å². The van der Waals surface area contributed by atoms with Crippen LogP contribution in [0.25, 0.3) is 11.0 Å². The minimum Gasteiger partial charge on any atom is -0.388 e. The number of nitrogens with zero attached hydrogens (tertiary/aromatic N) is 2. The molecule has 1 aromatic heterocycles. The summed E-state index contributed by atoms with van der Waals surface area (Å²) in [5.41, 5.74) is 2.91. The highest BCUT2D eigenvalue weighted by Gasteiger charge is 1.94. The van der Waals surface area contributed by atoms with Crippen LogP contribution in [-0.4, -0.2) is 17.0 Å². The van der Waals surface area contributed by atoms with Crippen LogP contribution in [0.4, 0.5) is 5.69 Å². The summed E-state index contributed by atoms with van der Waals surface area (Å²) in [6.45, 7) is 4.00. The predicted octanol–water partition coefficient (Wildman–Crippen LogP) is 2.70. The maximum atomic E-state index is 4.19. The molecule has 0 unspecified atom stereocenters. The van der Waals surface area contributed by atoms with Gasteiger partial charge in [-0.1, -0.05) is 13.8 Å². The van der Waals surface area contributed by atoms with Gasteiger partial charge in [0.2, 0.25) is 0 Å². The van der Waals surface area contributed by atoms with Gasteiger partial charge in [0, 0.05) is 25.1 Å². The second-order valence-corrected chi connectivity index (χ2v) is 2.51. The summed E-state index contributed by atoms with van der Waals surface area (Å²) in [5, 5.41) is 3.05. The van der Waals surface area contributed by atoms with Gasteiger partial charge in [0.25, 0.3) is 0 Å². The van der Waals surface area contributed by atoms with Gasteiger partial charge < -0.3 is 5.32 Å². The van der Waals surface area contributed by atoms with E-state index in [0.717, 1.165) is 16.7 Å². The Morgan fingerprint density at radius 3 is 2.29 bits per heavy atom. The summed E-state index contributed by atoms with van der Waals surface area (Å²) in [6, 6.07) is 5.91. The van der Waals surface area contributed by atoms with Gasteiger partial charge in [-0.25, -0.2) is 0 Å². The van der Waals surface area contributed by atoms with E-state index in [1.807, 2.05) is 39.1 Å². The van der Waals surface area contributed by atoms with Gasteiger partial charge in [-0.15, -0.1) is 0 Å². The molecule has 0 saturated carbocycles. The van der Waals surface area contributed by atoms with Crippen LogP contribution >= 0.6 is 0 Å². The Kier molecular flexibility index (Phi) is 3.85. The van der Waals surface area contributed by atoms with Gasteiger partial charge in [-0.3, -0.25) is 9.97 Å². The van der Waals surface area contributed by atoms with Crippen molar-refractivity contribution in [2.45, 2.75) is 13.8 Å². The third kappa shape index (κ3) is 2.19. The smallest absolute Gasteiger partial charge is 0.0907 e. The molecular formula is C11H15N3. The molecule has 0 aliphatic rings. The molecule has 0 aliphatic carbocycles. The second-order valence-electron chi connectivity index (χ2n) is 2.51. The molecule has 0 aliphatic heterocycles. The van der Waals surface area contributed by atoms with Gasteiger partial charge >= 0.3 is 0 Å². The largest absolute Gasteiger partial charge is 0.388 e. The summed E-state index contributed by atoms with van der Waals surface area (Å²) >= 11 is 0. The van der Waals surface area contributed by atoms with E-state index in [-0.39, 0.29) is 0 Å². The zero-order valence-corrected chi connectivity index (χ0v) is 8.78. The normalized spacial score (nSPS) is 9.07. The number of nitrogens with one attached hydrogen (secondary N) is 1. The lowest BCUT2D eigenvalue weighted by molar-refractivity contribution is 1.29. The molecule has 2 rings (SSSR count). The first-order valence-corrected chi connectivity index (χ1v) is 4.78. The Labute approximate surface area is 84.2 Å². The zero-order chi connectivity index (χ0) is 10.4. The van der Waals surface area contributed by atoms with Crippen LogP contribution in [0.15, 0.2) is 30.6 Å². The Hall–Kier alpha value is -1.64. The lowest BCUT2D eigenvalue weighted by Gasteiger charge is -1.99. The maximum absolute atomic E-state index is 4.19. The third-order valence-corrected chi connectivity index (χ3v) is 1.76. The molecule has 1 aromatic carbocycles. The Morgan fingerprint density at radius 2 is 1.64 bits per heavy atom. The van der Waals surface area contributed by atoms with Gasteiger partial charge in [-0.2, -0.15) is 0 Å². The van der Waals surface area contributed by atoms with E-state index in [0.29, 0.717) is 0 Å². The van der Waals surface area contributed by atoms with Crippen molar-refractivity contribution in [2.24, 2.45) is 0 Å². The fourth-order valence-electron chi connectivity index (χ4n) is 1.12. The van der Waals surface area contributed by atoms with Crippen molar-refractivity contribution in [3.8, 4) is 0 Å². The lowest BCUT2D eigenvalue weighted by Crippen LogP contribution is -1.88. The first-order valence-electron chi connectivity index (χ1n) is 4.78. The van der Waals surface area contributed by atoms with Crippen LogP contribution < -0.4 is 5.32 Å². The maximum Gasteiger partial charge on any atom is 0.0907 e. The quantitative estimate of drug-likeness (QED) is 0.749. The Bertz CT molecular complexity index is 398. The van der Waals surface area contributed by atoms with Crippen LogP contribution in [0.1, 0.15) is 13.8 Å². The van der Waals surface area contributed by atoms with E-state index >= 15 is 0 Å². The molecule has 3 heteroatoms. The van der Waals surface area contributed by atoms with Crippen LogP contribution in [0, 0.1) is 0 Å². The van der Waals surface area contributed by atoms with E-state index in [9.17, 15) is 0 Å². The van der Waals surface area contributed by atoms with Crippen LogP contribution in [0.2, 0.25) is 0 Å². The molecule has 0 saturated heterocycles. The predicted molar refractivity (Wildman–Crippen MR) is 60.4 cm³/mol. The highest BCUT2D eigenvalue weighted by atomic mass is 14.8. The van der Waals surface area contributed by atoms with E-state index in [2.05, 4.69) is 15.3 Å². The molecule has 0 fully saturated rings. The minimum absolute atomic E-state index is 0.921. The molecule has 74 valence electrons. The lowest BCUT2D eigenvalue weighted by atomic mass is 10.2. The summed E-state index contributed by atoms with van der Waals surface area (Å²) in [5.74, 6) is 0. The number of benzene rings is 1. The zero-order valence-electron chi connectivity index (χ0n) is 8.78. The topological polar surface area (TPSA) is 37.8 Å². The Balaban J connectivity index is 0.000000461. The van der Waals surface area contributed by atoms with Crippen molar-refractivity contribution in [1.82, 2.24) is 9.97 Å². The van der Waals surface area contributed by atoms with Gasteiger partial charge in [0.05, 0.1) is 11.0 Å². The van der Waals surface area contributed by atoms with Crippen molar-refractivity contribution in [3.05, 3.63) is 30.6 Å². The average molecular weight is 189 g/mol. The van der Waals surface area contributed by atoms with Crippen molar-refractivity contribution >= 4 is 16.7 Å². The van der Waals surface area contributed by atoms with Crippen LogP contribution in [-0.2, 0) is 0 Å². The molecule has 0 amide bonds. The van der Waals surface area contributed by atoms with E-state index < -0.39 is 0 Å². The summed E-state index contributed by atoms with van der Waals surface area (Å²) in [4.78, 5) is 8.35. The molecule has 14 heavy (non-hydrogen) atoms. The molecule has 1 heterocycles. The molecule has 0 radical (unpaired) electrons. The fraction of sp³-hybridized carbons (Fsp3) is 0.273. The third-order valence-electron chi connectivity index (χ3n) is 1.76. The number of aromatic nitrogens is 2. The van der Waals surface area contributed by atoms with Crippen molar-refractivity contribution in [3.63, 3.8) is 0 Å². The molecule has 0 spiro atoms. The van der Waals surface area contributed by atoms with Crippen molar-refractivity contribution in [2.75, 3.05) is 12.4 Å². The molecular weight excluding hydrogens is 174 g/mol. The fourth-order valence-corrected chi connectivity index (χ4v) is 1.12.